The minimum Gasteiger partial charge on any atom is -0.493 e. The van der Waals surface area contributed by atoms with Crippen molar-refractivity contribution in [1.29, 1.82) is 0 Å². The number of hydrogen-bond donors (Lipinski definition) is 0. The van der Waals surface area contributed by atoms with Gasteiger partial charge in [0.05, 0.1) is 32.9 Å². The molecule has 0 unspecified atom stereocenters. The van der Waals surface area contributed by atoms with Gasteiger partial charge < -0.3 is 23.4 Å². The summed E-state index contributed by atoms with van der Waals surface area (Å²) in [7, 11) is 6.37. The summed E-state index contributed by atoms with van der Waals surface area (Å²) in [5.41, 5.74) is 2.33. The Morgan fingerprint density at radius 2 is 1.50 bits per heavy atom. The van der Waals surface area contributed by atoms with Gasteiger partial charge in [0.15, 0.2) is 35.2 Å². The molecule has 0 aliphatic heterocycles. The molecule has 0 saturated carbocycles. The molecule has 136 valence electrons. The van der Waals surface area contributed by atoms with Crippen molar-refractivity contribution in [3.8, 4) is 45.6 Å². The number of rotatable bonds is 6. The summed E-state index contributed by atoms with van der Waals surface area (Å²) in [6.45, 7) is 0. The highest BCUT2D eigenvalue weighted by Gasteiger charge is 2.19. The number of nitrogens with zero attached hydrogens (tertiary/aromatic N) is 1. The summed E-state index contributed by atoms with van der Waals surface area (Å²) in [6, 6.07) is 9.32. The summed E-state index contributed by atoms with van der Waals surface area (Å²) in [5.74, 6) is 3.09. The van der Waals surface area contributed by atoms with Crippen LogP contribution in [0.15, 0.2) is 45.6 Å². The van der Waals surface area contributed by atoms with E-state index in [2.05, 4.69) is 20.9 Å². The second-order valence-electron chi connectivity index (χ2n) is 5.29. The normalized spacial score (nSPS) is 10.5. The van der Waals surface area contributed by atoms with Gasteiger partial charge >= 0.3 is 0 Å². The maximum absolute atomic E-state index is 5.65. The van der Waals surface area contributed by atoms with E-state index in [0.29, 0.717) is 34.5 Å². The second-order valence-corrected chi connectivity index (χ2v) is 6.15. The average molecular weight is 420 g/mol. The molecule has 0 saturated heterocycles. The highest BCUT2D eigenvalue weighted by atomic mass is 79.9. The maximum Gasteiger partial charge on any atom is 0.182 e. The topological polar surface area (TPSA) is 63.0 Å². The summed E-state index contributed by atoms with van der Waals surface area (Å²) >= 11 is 3.51. The van der Waals surface area contributed by atoms with Gasteiger partial charge in [-0.1, -0.05) is 0 Å². The number of halogens is 1. The standard InChI is InChI=1S/C19H18BrNO5/c1-22-14-6-5-11(8-15(14)23-2)18-17(21-10-26-18)12-7-13(20)19(25-4)16(9-12)24-3/h5-10H,1-4H3. The molecule has 1 heterocycles. The molecule has 0 spiro atoms. The minimum absolute atomic E-state index is 0.595. The van der Waals surface area contributed by atoms with E-state index in [1.165, 1.54) is 6.39 Å². The van der Waals surface area contributed by atoms with Crippen molar-refractivity contribution in [3.05, 3.63) is 41.2 Å². The first-order chi connectivity index (χ1) is 12.6. The van der Waals surface area contributed by atoms with Crippen LogP contribution in [0.1, 0.15) is 0 Å². The molecule has 6 nitrogen and oxygen atoms in total. The first-order valence-corrected chi connectivity index (χ1v) is 8.50. The predicted molar refractivity (Wildman–Crippen MR) is 101 cm³/mol. The number of oxazole rings is 1. The Hall–Kier alpha value is -2.67. The third-order valence-electron chi connectivity index (χ3n) is 3.92. The van der Waals surface area contributed by atoms with Gasteiger partial charge in [0.1, 0.15) is 5.69 Å². The van der Waals surface area contributed by atoms with E-state index in [4.69, 9.17) is 23.4 Å². The molecule has 3 aromatic rings. The van der Waals surface area contributed by atoms with E-state index in [1.807, 2.05) is 30.3 Å². The second kappa shape index (κ2) is 7.70. The van der Waals surface area contributed by atoms with Gasteiger partial charge in [0.25, 0.3) is 0 Å². The molecule has 0 fully saturated rings. The van der Waals surface area contributed by atoms with Gasteiger partial charge in [-0.25, -0.2) is 4.98 Å². The fourth-order valence-electron chi connectivity index (χ4n) is 2.69. The molecule has 0 bridgehead atoms. The van der Waals surface area contributed by atoms with E-state index in [1.54, 1.807) is 28.4 Å². The molecular weight excluding hydrogens is 402 g/mol. The lowest BCUT2D eigenvalue weighted by molar-refractivity contribution is 0.353. The van der Waals surface area contributed by atoms with Gasteiger partial charge in [-0.05, 0) is 46.3 Å². The molecule has 3 rings (SSSR count). The Bertz CT molecular complexity index is 922. The fraction of sp³-hybridized carbons (Fsp3) is 0.211. The Kier molecular flexibility index (Phi) is 5.37. The van der Waals surface area contributed by atoms with Crippen molar-refractivity contribution < 1.29 is 23.4 Å². The molecule has 0 N–H and O–H groups in total. The lowest BCUT2D eigenvalue weighted by Crippen LogP contribution is -1.94. The van der Waals surface area contributed by atoms with Gasteiger partial charge in [0.2, 0.25) is 0 Å². The zero-order chi connectivity index (χ0) is 18.7. The van der Waals surface area contributed by atoms with Crippen LogP contribution in [0.2, 0.25) is 0 Å². The Balaban J connectivity index is 2.11. The van der Waals surface area contributed by atoms with Crippen molar-refractivity contribution in [3.63, 3.8) is 0 Å². The molecule has 26 heavy (non-hydrogen) atoms. The van der Waals surface area contributed by atoms with E-state index < -0.39 is 0 Å². The van der Waals surface area contributed by atoms with Crippen LogP contribution in [0.4, 0.5) is 0 Å². The first-order valence-electron chi connectivity index (χ1n) is 7.70. The van der Waals surface area contributed by atoms with Crippen LogP contribution >= 0.6 is 15.9 Å². The SMILES string of the molecule is COc1ccc(-c2ocnc2-c2cc(Br)c(OC)c(OC)c2)cc1OC. The van der Waals surface area contributed by atoms with Crippen molar-refractivity contribution in [1.82, 2.24) is 4.98 Å². The van der Waals surface area contributed by atoms with Crippen LogP contribution in [0.5, 0.6) is 23.0 Å². The first kappa shape index (κ1) is 18.1. The fourth-order valence-corrected chi connectivity index (χ4v) is 3.29. The molecule has 0 aliphatic carbocycles. The predicted octanol–water partition coefficient (Wildman–Crippen LogP) is 4.81. The number of aromatic nitrogens is 1. The third-order valence-corrected chi connectivity index (χ3v) is 4.51. The van der Waals surface area contributed by atoms with E-state index >= 15 is 0 Å². The quantitative estimate of drug-likeness (QED) is 0.571. The maximum atomic E-state index is 5.65. The monoisotopic (exact) mass is 419 g/mol. The van der Waals surface area contributed by atoms with Crippen molar-refractivity contribution >= 4 is 15.9 Å². The van der Waals surface area contributed by atoms with Gasteiger partial charge in [-0.15, -0.1) is 0 Å². The summed E-state index contributed by atoms with van der Waals surface area (Å²) in [4.78, 5) is 4.38. The Morgan fingerprint density at radius 1 is 0.808 bits per heavy atom. The van der Waals surface area contributed by atoms with Crippen LogP contribution in [0.3, 0.4) is 0 Å². The highest BCUT2D eigenvalue weighted by Crippen LogP contribution is 2.42. The Labute approximate surface area is 159 Å². The average Bonchev–Trinajstić information content (AvgIpc) is 3.16. The number of benzene rings is 2. The van der Waals surface area contributed by atoms with Crippen LogP contribution in [0, 0.1) is 0 Å². The third kappa shape index (κ3) is 3.22. The zero-order valence-corrected chi connectivity index (χ0v) is 16.4. The van der Waals surface area contributed by atoms with E-state index in [-0.39, 0.29) is 0 Å². The lowest BCUT2D eigenvalue weighted by atomic mass is 10.0. The number of methoxy groups -OCH3 is 4. The van der Waals surface area contributed by atoms with Crippen LogP contribution in [-0.2, 0) is 0 Å². The van der Waals surface area contributed by atoms with Gasteiger partial charge in [-0.2, -0.15) is 0 Å². The van der Waals surface area contributed by atoms with E-state index in [9.17, 15) is 0 Å². The van der Waals surface area contributed by atoms with Crippen LogP contribution < -0.4 is 18.9 Å². The molecule has 2 aromatic carbocycles. The van der Waals surface area contributed by atoms with Crippen molar-refractivity contribution in [2.24, 2.45) is 0 Å². The summed E-state index contributed by atoms with van der Waals surface area (Å²) in [6.07, 6.45) is 1.41. The number of hydrogen-bond acceptors (Lipinski definition) is 6. The van der Waals surface area contributed by atoms with Gasteiger partial charge in [-0.3, -0.25) is 0 Å². The molecule has 0 atom stereocenters. The zero-order valence-electron chi connectivity index (χ0n) is 14.8. The number of ether oxygens (including phenoxy) is 4. The van der Waals surface area contributed by atoms with Crippen LogP contribution in [0.25, 0.3) is 22.6 Å². The molecule has 0 aliphatic rings. The van der Waals surface area contributed by atoms with Crippen LogP contribution in [-0.4, -0.2) is 33.4 Å². The molecule has 0 radical (unpaired) electrons. The highest BCUT2D eigenvalue weighted by molar-refractivity contribution is 9.10. The Morgan fingerprint density at radius 3 is 2.15 bits per heavy atom. The molecule has 7 heteroatoms. The van der Waals surface area contributed by atoms with E-state index in [0.717, 1.165) is 15.6 Å². The minimum atomic E-state index is 0.595. The summed E-state index contributed by atoms with van der Waals surface area (Å²) < 4.78 is 27.9. The molecule has 0 amide bonds. The van der Waals surface area contributed by atoms with Crippen molar-refractivity contribution in [2.75, 3.05) is 28.4 Å². The smallest absolute Gasteiger partial charge is 0.182 e. The lowest BCUT2D eigenvalue weighted by Gasteiger charge is -2.12. The summed E-state index contributed by atoms with van der Waals surface area (Å²) in [5, 5.41) is 0. The van der Waals surface area contributed by atoms with Gasteiger partial charge in [0, 0.05) is 11.1 Å². The largest absolute Gasteiger partial charge is 0.493 e. The molecule has 1 aromatic heterocycles. The van der Waals surface area contributed by atoms with Crippen molar-refractivity contribution in [2.45, 2.75) is 0 Å². The molecular formula is C19H18BrNO5.